The summed E-state index contributed by atoms with van der Waals surface area (Å²) in [6.07, 6.45) is 0.902. The first kappa shape index (κ1) is 18.8. The predicted molar refractivity (Wildman–Crippen MR) is 102 cm³/mol. The molecule has 25 heavy (non-hydrogen) atoms. The standard InChI is InChI=1S/C19H29N5O/c1-14-7-9-17(10-8-14)25-12-6-11-21-19(20-4)22-13-18-15(2)23-24(5)16(18)3/h7-10H,6,11-13H2,1-5H3,(H2,20,21,22). The Balaban J connectivity index is 1.69. The molecular weight excluding hydrogens is 314 g/mol. The molecule has 1 heterocycles. The number of aliphatic imine (C=N–C) groups is 1. The summed E-state index contributed by atoms with van der Waals surface area (Å²) in [7, 11) is 3.74. The molecule has 0 aliphatic heterocycles. The van der Waals surface area contributed by atoms with Gasteiger partial charge in [-0.25, -0.2) is 0 Å². The van der Waals surface area contributed by atoms with Gasteiger partial charge in [-0.3, -0.25) is 9.67 Å². The van der Waals surface area contributed by atoms with Gasteiger partial charge in [0.2, 0.25) is 0 Å². The van der Waals surface area contributed by atoms with Gasteiger partial charge in [0.15, 0.2) is 5.96 Å². The molecule has 1 aromatic heterocycles. The van der Waals surface area contributed by atoms with Gasteiger partial charge in [0.25, 0.3) is 0 Å². The predicted octanol–water partition coefficient (Wildman–Crippen LogP) is 2.48. The van der Waals surface area contributed by atoms with Crippen LogP contribution < -0.4 is 15.4 Å². The van der Waals surface area contributed by atoms with Crippen molar-refractivity contribution in [2.75, 3.05) is 20.2 Å². The minimum absolute atomic E-state index is 0.674. The lowest BCUT2D eigenvalue weighted by molar-refractivity contribution is 0.311. The van der Waals surface area contributed by atoms with Crippen LogP contribution in [-0.4, -0.2) is 35.9 Å². The Bertz CT molecular complexity index is 703. The van der Waals surface area contributed by atoms with E-state index in [0.29, 0.717) is 13.2 Å². The fourth-order valence-electron chi connectivity index (χ4n) is 2.57. The maximum absolute atomic E-state index is 5.73. The fourth-order valence-corrected chi connectivity index (χ4v) is 2.57. The van der Waals surface area contributed by atoms with Crippen molar-refractivity contribution in [1.82, 2.24) is 20.4 Å². The van der Waals surface area contributed by atoms with Gasteiger partial charge < -0.3 is 15.4 Å². The first-order valence-electron chi connectivity index (χ1n) is 8.64. The monoisotopic (exact) mass is 343 g/mol. The average Bonchev–Trinajstić information content (AvgIpc) is 2.84. The van der Waals surface area contributed by atoms with E-state index in [4.69, 9.17) is 4.74 Å². The first-order valence-corrected chi connectivity index (χ1v) is 8.64. The molecule has 2 rings (SSSR count). The highest BCUT2D eigenvalue weighted by atomic mass is 16.5. The Kier molecular flexibility index (Phi) is 6.86. The summed E-state index contributed by atoms with van der Waals surface area (Å²) in [5.74, 6) is 1.70. The molecule has 0 atom stereocenters. The Morgan fingerprint density at radius 2 is 1.88 bits per heavy atom. The Labute approximate surface area is 150 Å². The molecule has 0 aliphatic carbocycles. The molecule has 136 valence electrons. The van der Waals surface area contributed by atoms with Crippen molar-refractivity contribution in [2.45, 2.75) is 33.7 Å². The van der Waals surface area contributed by atoms with Gasteiger partial charge in [-0.05, 0) is 39.3 Å². The van der Waals surface area contributed by atoms with E-state index < -0.39 is 0 Å². The van der Waals surface area contributed by atoms with E-state index >= 15 is 0 Å². The van der Waals surface area contributed by atoms with E-state index in [-0.39, 0.29) is 0 Å². The molecule has 0 amide bonds. The van der Waals surface area contributed by atoms with Crippen molar-refractivity contribution in [3.63, 3.8) is 0 Å². The highest BCUT2D eigenvalue weighted by Gasteiger charge is 2.09. The molecule has 2 aromatic rings. The van der Waals surface area contributed by atoms with Crippen LogP contribution in [-0.2, 0) is 13.6 Å². The number of ether oxygens (including phenoxy) is 1. The minimum Gasteiger partial charge on any atom is -0.494 e. The number of guanidine groups is 1. The van der Waals surface area contributed by atoms with Crippen LogP contribution in [0.1, 0.15) is 28.9 Å². The number of rotatable bonds is 7. The van der Waals surface area contributed by atoms with Crippen LogP contribution in [0.4, 0.5) is 0 Å². The van der Waals surface area contributed by atoms with Crippen molar-refractivity contribution in [2.24, 2.45) is 12.0 Å². The van der Waals surface area contributed by atoms with Crippen molar-refractivity contribution in [1.29, 1.82) is 0 Å². The molecule has 6 heteroatoms. The van der Waals surface area contributed by atoms with Crippen molar-refractivity contribution in [3.05, 3.63) is 46.8 Å². The molecule has 6 nitrogen and oxygen atoms in total. The number of aryl methyl sites for hydroxylation is 3. The number of nitrogens with one attached hydrogen (secondary N) is 2. The second kappa shape index (κ2) is 9.11. The highest BCUT2D eigenvalue weighted by molar-refractivity contribution is 5.79. The van der Waals surface area contributed by atoms with Crippen molar-refractivity contribution < 1.29 is 4.74 Å². The second-order valence-corrected chi connectivity index (χ2v) is 6.14. The van der Waals surface area contributed by atoms with E-state index in [1.54, 1.807) is 7.05 Å². The topological polar surface area (TPSA) is 63.5 Å². The molecule has 0 aliphatic rings. The summed E-state index contributed by atoms with van der Waals surface area (Å²) >= 11 is 0. The van der Waals surface area contributed by atoms with E-state index in [2.05, 4.69) is 46.7 Å². The van der Waals surface area contributed by atoms with Gasteiger partial charge >= 0.3 is 0 Å². The van der Waals surface area contributed by atoms with E-state index in [1.807, 2.05) is 30.8 Å². The Morgan fingerprint density at radius 1 is 1.16 bits per heavy atom. The summed E-state index contributed by atoms with van der Waals surface area (Å²) in [4.78, 5) is 4.26. The third kappa shape index (κ3) is 5.52. The van der Waals surface area contributed by atoms with Crippen LogP contribution >= 0.6 is 0 Å². The normalized spacial score (nSPS) is 11.5. The first-order chi connectivity index (χ1) is 12.0. The Hall–Kier alpha value is -2.50. The zero-order valence-electron chi connectivity index (χ0n) is 15.9. The highest BCUT2D eigenvalue weighted by Crippen LogP contribution is 2.12. The smallest absolute Gasteiger partial charge is 0.191 e. The second-order valence-electron chi connectivity index (χ2n) is 6.14. The molecule has 2 N–H and O–H groups in total. The lowest BCUT2D eigenvalue weighted by atomic mass is 10.2. The number of aromatic nitrogens is 2. The van der Waals surface area contributed by atoms with Gasteiger partial charge in [0.1, 0.15) is 5.75 Å². The summed E-state index contributed by atoms with van der Waals surface area (Å²) in [5.41, 5.74) is 4.68. The number of hydrogen-bond donors (Lipinski definition) is 2. The lowest BCUT2D eigenvalue weighted by Crippen LogP contribution is -2.37. The van der Waals surface area contributed by atoms with Crippen LogP contribution in [0.5, 0.6) is 5.75 Å². The molecule has 1 aromatic carbocycles. The molecule has 0 saturated carbocycles. The summed E-state index contributed by atoms with van der Waals surface area (Å²) in [5, 5.41) is 11.1. The van der Waals surface area contributed by atoms with E-state index in [0.717, 1.165) is 30.4 Å². The molecule has 0 bridgehead atoms. The summed E-state index contributed by atoms with van der Waals surface area (Å²) in [6.45, 7) is 8.37. The van der Waals surface area contributed by atoms with Gasteiger partial charge in [0.05, 0.1) is 12.3 Å². The zero-order chi connectivity index (χ0) is 18.2. The molecule has 0 spiro atoms. The molecule has 0 fully saturated rings. The maximum Gasteiger partial charge on any atom is 0.191 e. The lowest BCUT2D eigenvalue weighted by Gasteiger charge is -2.12. The molecule has 0 unspecified atom stereocenters. The van der Waals surface area contributed by atoms with Crippen LogP contribution in [0.3, 0.4) is 0 Å². The van der Waals surface area contributed by atoms with E-state index in [1.165, 1.54) is 16.8 Å². The van der Waals surface area contributed by atoms with E-state index in [9.17, 15) is 0 Å². The maximum atomic E-state index is 5.73. The third-order valence-electron chi connectivity index (χ3n) is 4.22. The fraction of sp³-hybridized carbons (Fsp3) is 0.474. The molecular formula is C19H29N5O. The van der Waals surface area contributed by atoms with Gasteiger partial charge in [0, 0.05) is 38.4 Å². The van der Waals surface area contributed by atoms with Gasteiger partial charge in [-0.15, -0.1) is 0 Å². The quantitative estimate of drug-likeness (QED) is 0.461. The average molecular weight is 343 g/mol. The molecule has 0 radical (unpaired) electrons. The van der Waals surface area contributed by atoms with Crippen molar-refractivity contribution in [3.8, 4) is 5.75 Å². The van der Waals surface area contributed by atoms with Crippen LogP contribution in [0, 0.1) is 20.8 Å². The number of hydrogen-bond acceptors (Lipinski definition) is 3. The summed E-state index contributed by atoms with van der Waals surface area (Å²) in [6, 6.07) is 8.12. The van der Waals surface area contributed by atoms with Crippen LogP contribution in [0.25, 0.3) is 0 Å². The summed E-state index contributed by atoms with van der Waals surface area (Å²) < 4.78 is 7.64. The number of benzene rings is 1. The SMILES string of the molecule is CN=C(NCCCOc1ccc(C)cc1)NCc1c(C)nn(C)c1C. The van der Waals surface area contributed by atoms with Crippen LogP contribution in [0.2, 0.25) is 0 Å². The van der Waals surface area contributed by atoms with Gasteiger partial charge in [-0.1, -0.05) is 17.7 Å². The number of nitrogens with zero attached hydrogens (tertiary/aromatic N) is 3. The minimum atomic E-state index is 0.674. The van der Waals surface area contributed by atoms with Crippen LogP contribution in [0.15, 0.2) is 29.3 Å². The molecule has 0 saturated heterocycles. The van der Waals surface area contributed by atoms with Crippen molar-refractivity contribution >= 4 is 5.96 Å². The zero-order valence-corrected chi connectivity index (χ0v) is 15.9. The van der Waals surface area contributed by atoms with Gasteiger partial charge in [-0.2, -0.15) is 5.10 Å². The Morgan fingerprint density at radius 3 is 2.48 bits per heavy atom. The third-order valence-corrected chi connectivity index (χ3v) is 4.22. The largest absolute Gasteiger partial charge is 0.494 e.